The van der Waals surface area contributed by atoms with E-state index in [4.69, 9.17) is 4.74 Å². The molecule has 0 saturated heterocycles. The Labute approximate surface area is 164 Å². The van der Waals surface area contributed by atoms with Gasteiger partial charge in [-0.1, -0.05) is 55.2 Å². The van der Waals surface area contributed by atoms with Gasteiger partial charge in [0, 0.05) is 5.41 Å². The van der Waals surface area contributed by atoms with Crippen molar-refractivity contribution in [3.8, 4) is 0 Å². The second-order valence-corrected chi connectivity index (χ2v) is 9.41. The van der Waals surface area contributed by atoms with Crippen LogP contribution >= 0.6 is 0 Å². The summed E-state index contributed by atoms with van der Waals surface area (Å²) in [4.78, 5) is 12.9. The van der Waals surface area contributed by atoms with Crippen LogP contribution in [0.4, 0.5) is 0 Å². The third-order valence-corrected chi connectivity index (χ3v) is 8.35. The van der Waals surface area contributed by atoms with Gasteiger partial charge >= 0.3 is 5.97 Å². The first kappa shape index (κ1) is 18.8. The molecule has 4 aliphatic rings. The quantitative estimate of drug-likeness (QED) is 0.432. The molecule has 146 valence electrons. The summed E-state index contributed by atoms with van der Waals surface area (Å²) in [6.07, 6.45) is 15.0. The average molecular weight is 367 g/mol. The lowest BCUT2D eigenvalue weighted by molar-refractivity contribution is -0.144. The van der Waals surface area contributed by atoms with Crippen LogP contribution in [0.2, 0.25) is 0 Å². The lowest BCUT2D eigenvalue weighted by Gasteiger charge is -2.51. The Hall–Kier alpha value is -1.57. The molecular weight excluding hydrogens is 332 g/mol. The first-order chi connectivity index (χ1) is 12.9. The van der Waals surface area contributed by atoms with E-state index in [1.807, 2.05) is 0 Å². The maximum atomic E-state index is 12.9. The van der Waals surface area contributed by atoms with Gasteiger partial charge in [0.1, 0.15) is 0 Å². The third kappa shape index (κ3) is 2.48. The summed E-state index contributed by atoms with van der Waals surface area (Å²) in [7, 11) is 1.54. The van der Waals surface area contributed by atoms with Gasteiger partial charge in [0.2, 0.25) is 0 Å². The second kappa shape index (κ2) is 6.50. The zero-order valence-corrected chi connectivity index (χ0v) is 17.7. The van der Waals surface area contributed by atoms with Crippen LogP contribution in [0.15, 0.2) is 46.1 Å². The Bertz CT molecular complexity index is 793. The van der Waals surface area contributed by atoms with Crippen molar-refractivity contribution in [2.45, 2.75) is 72.6 Å². The summed E-state index contributed by atoms with van der Waals surface area (Å²) >= 11 is 0. The molecule has 4 atom stereocenters. The van der Waals surface area contributed by atoms with E-state index >= 15 is 0 Å². The molecule has 0 bridgehead atoms. The van der Waals surface area contributed by atoms with Gasteiger partial charge in [-0.3, -0.25) is 4.79 Å². The number of carbonyl (C=O) groups is 1. The van der Waals surface area contributed by atoms with E-state index < -0.39 is 0 Å². The highest BCUT2D eigenvalue weighted by Crippen LogP contribution is 2.64. The molecule has 0 radical (unpaired) electrons. The fraction of sp³-hybridized carbons (Fsp3) is 0.640. The first-order valence-corrected chi connectivity index (χ1v) is 10.8. The van der Waals surface area contributed by atoms with Gasteiger partial charge < -0.3 is 4.74 Å². The topological polar surface area (TPSA) is 26.3 Å². The van der Waals surface area contributed by atoms with Crippen molar-refractivity contribution in [2.75, 3.05) is 7.11 Å². The Kier molecular flexibility index (Phi) is 4.52. The summed E-state index contributed by atoms with van der Waals surface area (Å²) in [5.41, 5.74) is 7.46. The van der Waals surface area contributed by atoms with E-state index in [0.29, 0.717) is 0 Å². The van der Waals surface area contributed by atoms with E-state index in [0.717, 1.165) is 25.2 Å². The Balaban J connectivity index is 1.89. The van der Waals surface area contributed by atoms with Crippen molar-refractivity contribution >= 4 is 5.97 Å². The molecule has 4 aliphatic carbocycles. The minimum Gasteiger partial charge on any atom is -0.469 e. The van der Waals surface area contributed by atoms with Crippen LogP contribution < -0.4 is 0 Å². The summed E-state index contributed by atoms with van der Waals surface area (Å²) in [6, 6.07) is 0. The van der Waals surface area contributed by atoms with E-state index in [2.05, 4.69) is 45.9 Å². The molecular formula is C25H34O2. The second-order valence-electron chi connectivity index (χ2n) is 9.41. The number of carbonyl (C=O) groups excluding carboxylic acids is 1. The number of fused-ring (bicyclic) bond motifs is 4. The Morgan fingerprint density at radius 1 is 1.26 bits per heavy atom. The van der Waals surface area contributed by atoms with Crippen molar-refractivity contribution in [1.29, 1.82) is 0 Å². The van der Waals surface area contributed by atoms with Crippen molar-refractivity contribution in [3.63, 3.8) is 0 Å². The summed E-state index contributed by atoms with van der Waals surface area (Å²) in [5.74, 6) is 0.542. The molecule has 0 heterocycles. The maximum absolute atomic E-state index is 12.9. The van der Waals surface area contributed by atoms with Crippen molar-refractivity contribution < 1.29 is 9.53 Å². The molecule has 0 spiro atoms. The molecule has 0 fully saturated rings. The molecule has 2 heteroatoms. The van der Waals surface area contributed by atoms with Gasteiger partial charge in [-0.05, 0) is 74.9 Å². The number of hydrogen-bond acceptors (Lipinski definition) is 2. The fourth-order valence-electron chi connectivity index (χ4n) is 6.54. The highest BCUT2D eigenvalue weighted by molar-refractivity contribution is 5.80. The average Bonchev–Trinajstić information content (AvgIpc) is 2.99. The lowest BCUT2D eigenvalue weighted by atomic mass is 9.52. The van der Waals surface area contributed by atoms with Gasteiger partial charge in [0.15, 0.2) is 0 Å². The third-order valence-electron chi connectivity index (χ3n) is 8.35. The van der Waals surface area contributed by atoms with Gasteiger partial charge in [-0.25, -0.2) is 0 Å². The largest absolute Gasteiger partial charge is 0.469 e. The normalized spacial score (nSPS) is 37.6. The molecule has 0 aliphatic heterocycles. The number of methoxy groups -OCH3 is 1. The zero-order valence-electron chi connectivity index (χ0n) is 17.7. The Morgan fingerprint density at radius 3 is 2.74 bits per heavy atom. The number of esters is 1. The lowest BCUT2D eigenvalue weighted by Crippen LogP contribution is -2.42. The van der Waals surface area contributed by atoms with Crippen molar-refractivity contribution in [2.24, 2.45) is 22.7 Å². The molecule has 0 N–H and O–H groups in total. The standard InChI is InChI=1S/C25H34O2/c1-6-8-17-11-12-20-22-19(23(26)27-5)15-18-10-7-9-16(2)25(18,4)21(22)13-14-24(17,20)3/h9-10,12,17,19H,6-8,11,13-15H2,1-5H3/t17?,19-,24-,25+/m1/s1. The van der Waals surface area contributed by atoms with E-state index in [1.165, 1.54) is 53.5 Å². The van der Waals surface area contributed by atoms with Gasteiger partial charge in [0.05, 0.1) is 13.0 Å². The SMILES string of the molecule is CCCC1CC=C2C3=C(CC[C@@]21C)[C@@]1(C)C(C)=CCC=C1C[C@H]3C(=O)OC. The summed E-state index contributed by atoms with van der Waals surface area (Å²) in [5, 5.41) is 0. The van der Waals surface area contributed by atoms with Gasteiger partial charge in [0.25, 0.3) is 0 Å². The molecule has 0 saturated carbocycles. The molecule has 4 rings (SSSR count). The first-order valence-electron chi connectivity index (χ1n) is 10.8. The van der Waals surface area contributed by atoms with Crippen molar-refractivity contribution in [1.82, 2.24) is 0 Å². The van der Waals surface area contributed by atoms with E-state index in [1.54, 1.807) is 7.11 Å². The molecule has 0 aromatic heterocycles. The van der Waals surface area contributed by atoms with Crippen molar-refractivity contribution in [3.05, 3.63) is 46.1 Å². The predicted molar refractivity (Wildman–Crippen MR) is 110 cm³/mol. The molecule has 0 aromatic rings. The molecule has 2 nitrogen and oxygen atoms in total. The molecule has 0 amide bonds. The number of hydrogen-bond donors (Lipinski definition) is 0. The molecule has 1 unspecified atom stereocenters. The highest BCUT2D eigenvalue weighted by Gasteiger charge is 2.53. The van der Waals surface area contributed by atoms with Crippen LogP contribution in [0, 0.1) is 22.7 Å². The van der Waals surface area contributed by atoms with Crippen LogP contribution in [-0.2, 0) is 9.53 Å². The van der Waals surface area contributed by atoms with Gasteiger partial charge in [-0.15, -0.1) is 0 Å². The minimum absolute atomic E-state index is 0.00309. The minimum atomic E-state index is -0.124. The molecule has 27 heavy (non-hydrogen) atoms. The summed E-state index contributed by atoms with van der Waals surface area (Å²) in [6.45, 7) is 9.43. The van der Waals surface area contributed by atoms with Crippen LogP contribution in [0.1, 0.15) is 72.6 Å². The predicted octanol–water partition coefficient (Wildman–Crippen LogP) is 6.31. The highest BCUT2D eigenvalue weighted by atomic mass is 16.5. The summed E-state index contributed by atoms with van der Waals surface area (Å²) < 4.78 is 5.29. The van der Waals surface area contributed by atoms with E-state index in [-0.39, 0.29) is 22.7 Å². The maximum Gasteiger partial charge on any atom is 0.313 e. The Morgan fingerprint density at radius 2 is 2.04 bits per heavy atom. The number of rotatable bonds is 3. The zero-order chi connectivity index (χ0) is 19.4. The monoisotopic (exact) mass is 366 g/mol. The van der Waals surface area contributed by atoms with Crippen LogP contribution in [0.25, 0.3) is 0 Å². The van der Waals surface area contributed by atoms with Crippen LogP contribution in [-0.4, -0.2) is 13.1 Å². The van der Waals surface area contributed by atoms with E-state index in [9.17, 15) is 4.79 Å². The van der Waals surface area contributed by atoms with Crippen LogP contribution in [0.3, 0.4) is 0 Å². The smallest absolute Gasteiger partial charge is 0.313 e. The number of allylic oxidation sites excluding steroid dienone is 7. The van der Waals surface area contributed by atoms with Gasteiger partial charge in [-0.2, -0.15) is 0 Å². The fourth-order valence-corrected chi connectivity index (χ4v) is 6.54. The molecule has 0 aromatic carbocycles. The number of ether oxygens (including phenoxy) is 1. The van der Waals surface area contributed by atoms with Crippen LogP contribution in [0.5, 0.6) is 0 Å².